The third-order valence-electron chi connectivity index (χ3n) is 2.60. The molecule has 0 spiro atoms. The Morgan fingerprint density at radius 2 is 2.32 bits per heavy atom. The number of nitrogens with zero attached hydrogens (tertiary/aromatic N) is 1. The molecule has 0 saturated carbocycles. The predicted molar refractivity (Wildman–Crippen MR) is 77.5 cm³/mol. The van der Waals surface area contributed by atoms with Gasteiger partial charge in [0, 0.05) is 12.2 Å². The number of rotatable bonds is 5. The number of anilines is 1. The molecular weight excluding hydrogens is 309 g/mol. The number of carbonyl (C=O) groups excluding carboxylic acids is 1. The number of aromatic amines is 2. The molecule has 0 unspecified atom stereocenters. The maximum absolute atomic E-state index is 11.8. The molecule has 0 aliphatic carbocycles. The highest BCUT2D eigenvalue weighted by atomic mass is 79.9. The number of hydrogen-bond acceptors (Lipinski definition) is 3. The summed E-state index contributed by atoms with van der Waals surface area (Å²) in [6.45, 7) is 0.564. The Bertz CT molecular complexity index is 560. The fourth-order valence-corrected chi connectivity index (χ4v) is 1.98. The lowest BCUT2D eigenvalue weighted by Crippen LogP contribution is -2.25. The first-order valence-corrected chi connectivity index (χ1v) is 6.57. The number of imidazole rings is 1. The average molecular weight is 322 g/mol. The van der Waals surface area contributed by atoms with Crippen molar-refractivity contribution in [3.8, 4) is 0 Å². The Morgan fingerprint density at radius 3 is 2.89 bits per heavy atom. The van der Waals surface area contributed by atoms with Gasteiger partial charge in [-0.1, -0.05) is 5.46 Å². The van der Waals surface area contributed by atoms with Crippen LogP contribution >= 0.6 is 15.9 Å². The smallest absolute Gasteiger partial charge is 0.267 e. The van der Waals surface area contributed by atoms with Crippen molar-refractivity contribution >= 4 is 41.1 Å². The molecule has 5 N–H and O–H groups in total. The van der Waals surface area contributed by atoms with Gasteiger partial charge in [0.15, 0.2) is 5.95 Å². The van der Waals surface area contributed by atoms with Crippen molar-refractivity contribution in [2.24, 2.45) is 0 Å². The first-order chi connectivity index (χ1) is 9.06. The zero-order chi connectivity index (χ0) is 13.8. The molecule has 0 aromatic carbocycles. The maximum atomic E-state index is 11.8. The summed E-state index contributed by atoms with van der Waals surface area (Å²) in [7, 11) is 5.63. The predicted octanol–water partition coefficient (Wildman–Crippen LogP) is 0.239. The van der Waals surface area contributed by atoms with Gasteiger partial charge in [0.2, 0.25) is 0 Å². The van der Waals surface area contributed by atoms with Crippen LogP contribution in [0.15, 0.2) is 16.9 Å². The molecule has 0 fully saturated rings. The van der Waals surface area contributed by atoms with Crippen LogP contribution in [0.3, 0.4) is 0 Å². The van der Waals surface area contributed by atoms with Crippen LogP contribution in [0.1, 0.15) is 22.6 Å². The number of aromatic nitrogens is 3. The Kier molecular flexibility index (Phi) is 4.31. The summed E-state index contributed by atoms with van der Waals surface area (Å²) < 4.78 is 0.616. The Hall–Kier alpha value is -1.70. The Balaban J connectivity index is 1.75. The van der Waals surface area contributed by atoms with Crippen LogP contribution in [0.5, 0.6) is 0 Å². The summed E-state index contributed by atoms with van der Waals surface area (Å²) in [5.41, 5.74) is 7.38. The van der Waals surface area contributed by atoms with E-state index in [1.54, 1.807) is 12.3 Å². The Labute approximate surface area is 120 Å². The van der Waals surface area contributed by atoms with E-state index in [0.29, 0.717) is 28.3 Å². The molecule has 2 heterocycles. The van der Waals surface area contributed by atoms with Crippen molar-refractivity contribution in [1.82, 2.24) is 20.3 Å². The summed E-state index contributed by atoms with van der Waals surface area (Å²) in [6, 6.07) is 1.59. The molecule has 2 rings (SSSR count). The summed E-state index contributed by atoms with van der Waals surface area (Å²) in [4.78, 5) is 21.5. The summed E-state index contributed by atoms with van der Waals surface area (Å²) in [5.74, 6) is 0.229. The van der Waals surface area contributed by atoms with Gasteiger partial charge < -0.3 is 21.0 Å². The number of nitrogens with two attached hydrogens (primary N) is 1. The van der Waals surface area contributed by atoms with Gasteiger partial charge in [0.1, 0.15) is 13.5 Å². The van der Waals surface area contributed by atoms with E-state index in [-0.39, 0.29) is 5.91 Å². The molecule has 0 atom stereocenters. The average Bonchev–Trinajstić information content (AvgIpc) is 2.92. The number of H-pyrrole nitrogens is 2. The number of nitrogens with one attached hydrogen (secondary N) is 3. The van der Waals surface area contributed by atoms with E-state index in [4.69, 9.17) is 13.6 Å². The van der Waals surface area contributed by atoms with E-state index in [1.165, 1.54) is 0 Å². The molecule has 2 aromatic rings. The minimum atomic E-state index is -0.179. The second-order valence-corrected chi connectivity index (χ2v) is 4.90. The van der Waals surface area contributed by atoms with Crippen molar-refractivity contribution in [2.45, 2.75) is 12.8 Å². The zero-order valence-electron chi connectivity index (χ0n) is 10.2. The lowest BCUT2D eigenvalue weighted by Gasteiger charge is -2.02. The Morgan fingerprint density at radius 1 is 1.53 bits per heavy atom. The highest BCUT2D eigenvalue weighted by Gasteiger charge is 2.09. The van der Waals surface area contributed by atoms with E-state index in [2.05, 4.69) is 36.2 Å². The molecule has 8 heteroatoms. The highest BCUT2D eigenvalue weighted by molar-refractivity contribution is 9.10. The lowest BCUT2D eigenvalue weighted by atomic mass is 10.0. The van der Waals surface area contributed by atoms with Crippen molar-refractivity contribution in [1.29, 1.82) is 0 Å². The third-order valence-corrected chi connectivity index (χ3v) is 3.25. The monoisotopic (exact) mass is 321 g/mol. The molecule has 6 nitrogen and oxygen atoms in total. The van der Waals surface area contributed by atoms with E-state index in [1.807, 2.05) is 0 Å². The molecule has 98 valence electrons. The SMILES string of the molecule is [B]c1cc(C(=O)NCCCc2cnc(N)[nH]2)[nH]c1Br. The van der Waals surface area contributed by atoms with Crippen LogP contribution in [0.25, 0.3) is 0 Å². The number of hydrogen-bond donors (Lipinski definition) is 4. The summed E-state index contributed by atoms with van der Waals surface area (Å²) >= 11 is 3.22. The largest absolute Gasteiger partial charge is 0.369 e. The van der Waals surface area contributed by atoms with Crippen LogP contribution in [-0.4, -0.2) is 35.3 Å². The third kappa shape index (κ3) is 3.63. The van der Waals surface area contributed by atoms with Gasteiger partial charge in [-0.05, 0) is 34.8 Å². The van der Waals surface area contributed by atoms with E-state index < -0.39 is 0 Å². The van der Waals surface area contributed by atoms with Crippen molar-refractivity contribution in [3.05, 3.63) is 28.3 Å². The molecule has 0 bridgehead atoms. The minimum Gasteiger partial charge on any atom is -0.369 e. The molecule has 2 aromatic heterocycles. The van der Waals surface area contributed by atoms with Gasteiger partial charge in [-0.15, -0.1) is 0 Å². The number of carbonyl (C=O) groups is 1. The van der Waals surface area contributed by atoms with Gasteiger partial charge in [0.05, 0.1) is 10.8 Å². The molecular formula is C11H13BBrN5O. The topological polar surface area (TPSA) is 99.6 Å². The fourth-order valence-electron chi connectivity index (χ4n) is 1.65. The molecule has 0 aliphatic rings. The van der Waals surface area contributed by atoms with Crippen LogP contribution in [0.2, 0.25) is 0 Å². The first kappa shape index (κ1) is 13.7. The normalized spacial score (nSPS) is 10.6. The first-order valence-electron chi connectivity index (χ1n) is 5.78. The minimum absolute atomic E-state index is 0.179. The molecule has 1 amide bonds. The second kappa shape index (κ2) is 5.96. The summed E-state index contributed by atoms with van der Waals surface area (Å²) in [5, 5.41) is 2.80. The quantitative estimate of drug-likeness (QED) is 0.469. The van der Waals surface area contributed by atoms with Gasteiger partial charge >= 0.3 is 0 Å². The number of halogens is 1. The van der Waals surface area contributed by atoms with Gasteiger partial charge in [0.25, 0.3) is 5.91 Å². The second-order valence-electron chi connectivity index (χ2n) is 4.11. The van der Waals surface area contributed by atoms with Gasteiger partial charge in [-0.25, -0.2) is 4.98 Å². The van der Waals surface area contributed by atoms with E-state index in [0.717, 1.165) is 18.5 Å². The van der Waals surface area contributed by atoms with Gasteiger partial charge in [-0.3, -0.25) is 4.79 Å². The van der Waals surface area contributed by atoms with Crippen LogP contribution in [-0.2, 0) is 6.42 Å². The van der Waals surface area contributed by atoms with Crippen LogP contribution in [0.4, 0.5) is 5.95 Å². The van der Waals surface area contributed by atoms with E-state index in [9.17, 15) is 4.79 Å². The number of amides is 1. The fraction of sp³-hybridized carbons (Fsp3) is 0.273. The highest BCUT2D eigenvalue weighted by Crippen LogP contribution is 2.05. The summed E-state index contributed by atoms with van der Waals surface area (Å²) in [6.07, 6.45) is 3.27. The van der Waals surface area contributed by atoms with Crippen molar-refractivity contribution in [3.63, 3.8) is 0 Å². The van der Waals surface area contributed by atoms with Crippen LogP contribution < -0.4 is 16.5 Å². The van der Waals surface area contributed by atoms with E-state index >= 15 is 0 Å². The standard InChI is InChI=1S/C11H13BBrN5O/c12-7-4-8(18-9(7)13)10(19)15-3-1-2-6-5-16-11(14)17-6/h4-5,18H,1-3H2,(H,15,19)(H3,14,16,17). The molecule has 19 heavy (non-hydrogen) atoms. The zero-order valence-corrected chi connectivity index (χ0v) is 11.8. The lowest BCUT2D eigenvalue weighted by molar-refractivity contribution is 0.0948. The number of aryl methyl sites for hydroxylation is 1. The van der Waals surface area contributed by atoms with Gasteiger partial charge in [-0.2, -0.15) is 0 Å². The molecule has 0 aliphatic heterocycles. The number of nitrogen functional groups attached to an aromatic ring is 1. The maximum Gasteiger partial charge on any atom is 0.267 e. The van der Waals surface area contributed by atoms with Crippen molar-refractivity contribution in [2.75, 3.05) is 12.3 Å². The van der Waals surface area contributed by atoms with Crippen LogP contribution in [0, 0.1) is 0 Å². The molecule has 2 radical (unpaired) electrons. The molecule has 0 saturated heterocycles. The van der Waals surface area contributed by atoms with Crippen molar-refractivity contribution < 1.29 is 4.79 Å².